The smallest absolute Gasteiger partial charge is 0.129 e. The Kier molecular flexibility index (Phi) is 3.44. The van der Waals surface area contributed by atoms with Crippen LogP contribution in [0.5, 0.6) is 0 Å². The SMILES string of the molecule is CC(C)c1ccnc(N2CCC[C@H]2CO)c1. The Morgan fingerprint density at radius 3 is 3.06 bits per heavy atom. The first kappa shape index (κ1) is 11.4. The van der Waals surface area contributed by atoms with Crippen LogP contribution < -0.4 is 4.90 Å². The molecular weight excluding hydrogens is 200 g/mol. The monoisotopic (exact) mass is 220 g/mol. The third-order valence-corrected chi connectivity index (χ3v) is 3.32. The molecule has 1 aromatic rings. The van der Waals surface area contributed by atoms with Crippen LogP contribution >= 0.6 is 0 Å². The van der Waals surface area contributed by atoms with Gasteiger partial charge in [-0.2, -0.15) is 0 Å². The van der Waals surface area contributed by atoms with Crippen molar-refractivity contribution in [2.24, 2.45) is 0 Å². The van der Waals surface area contributed by atoms with Gasteiger partial charge in [0.05, 0.1) is 12.6 Å². The van der Waals surface area contributed by atoms with Crippen molar-refractivity contribution in [3.8, 4) is 0 Å². The molecule has 0 bridgehead atoms. The number of anilines is 1. The van der Waals surface area contributed by atoms with E-state index >= 15 is 0 Å². The Balaban J connectivity index is 2.22. The molecule has 0 spiro atoms. The molecule has 1 fully saturated rings. The van der Waals surface area contributed by atoms with Gasteiger partial charge in [0, 0.05) is 12.7 Å². The quantitative estimate of drug-likeness (QED) is 0.848. The summed E-state index contributed by atoms with van der Waals surface area (Å²) < 4.78 is 0. The van der Waals surface area contributed by atoms with Gasteiger partial charge in [0.25, 0.3) is 0 Å². The fraction of sp³-hybridized carbons (Fsp3) is 0.615. The molecule has 2 heterocycles. The predicted octanol–water partition coefficient (Wildman–Crippen LogP) is 2.17. The third kappa shape index (κ3) is 2.19. The van der Waals surface area contributed by atoms with E-state index in [9.17, 15) is 5.11 Å². The average molecular weight is 220 g/mol. The van der Waals surface area contributed by atoms with Gasteiger partial charge < -0.3 is 10.0 Å². The fourth-order valence-corrected chi connectivity index (χ4v) is 2.28. The Morgan fingerprint density at radius 2 is 2.38 bits per heavy atom. The van der Waals surface area contributed by atoms with Crippen LogP contribution in [0.2, 0.25) is 0 Å². The summed E-state index contributed by atoms with van der Waals surface area (Å²) in [4.78, 5) is 6.64. The molecule has 1 aliphatic heterocycles. The topological polar surface area (TPSA) is 36.4 Å². The van der Waals surface area contributed by atoms with E-state index in [2.05, 4.69) is 35.9 Å². The van der Waals surface area contributed by atoms with E-state index in [0.29, 0.717) is 5.92 Å². The molecule has 0 amide bonds. The van der Waals surface area contributed by atoms with E-state index in [1.807, 2.05) is 6.20 Å². The number of hydrogen-bond acceptors (Lipinski definition) is 3. The molecule has 0 aliphatic carbocycles. The van der Waals surface area contributed by atoms with Crippen molar-refractivity contribution >= 4 is 5.82 Å². The summed E-state index contributed by atoms with van der Waals surface area (Å²) in [6, 6.07) is 4.48. The van der Waals surface area contributed by atoms with Crippen LogP contribution in [0.3, 0.4) is 0 Å². The van der Waals surface area contributed by atoms with Crippen molar-refractivity contribution in [2.45, 2.75) is 38.6 Å². The second kappa shape index (κ2) is 4.83. The molecule has 0 aromatic carbocycles. The van der Waals surface area contributed by atoms with Crippen LogP contribution in [0, 0.1) is 0 Å². The highest BCUT2D eigenvalue weighted by Gasteiger charge is 2.24. The number of rotatable bonds is 3. The van der Waals surface area contributed by atoms with E-state index in [1.165, 1.54) is 5.56 Å². The summed E-state index contributed by atoms with van der Waals surface area (Å²) in [5.41, 5.74) is 1.31. The first-order valence-electron chi connectivity index (χ1n) is 6.06. The second-order valence-corrected chi connectivity index (χ2v) is 4.77. The van der Waals surface area contributed by atoms with E-state index in [-0.39, 0.29) is 12.6 Å². The minimum absolute atomic E-state index is 0.230. The van der Waals surface area contributed by atoms with Crippen molar-refractivity contribution in [3.05, 3.63) is 23.9 Å². The number of aliphatic hydroxyl groups is 1. The highest BCUT2D eigenvalue weighted by Crippen LogP contribution is 2.25. The van der Waals surface area contributed by atoms with E-state index in [0.717, 1.165) is 25.2 Å². The highest BCUT2D eigenvalue weighted by molar-refractivity contribution is 5.44. The van der Waals surface area contributed by atoms with E-state index < -0.39 is 0 Å². The van der Waals surface area contributed by atoms with Crippen molar-refractivity contribution in [1.29, 1.82) is 0 Å². The van der Waals surface area contributed by atoms with Crippen LogP contribution in [-0.2, 0) is 0 Å². The van der Waals surface area contributed by atoms with Gasteiger partial charge in [0.1, 0.15) is 5.82 Å². The Morgan fingerprint density at radius 1 is 1.56 bits per heavy atom. The Hall–Kier alpha value is -1.09. The molecular formula is C13H20N2O. The van der Waals surface area contributed by atoms with Crippen molar-refractivity contribution in [2.75, 3.05) is 18.1 Å². The molecule has 16 heavy (non-hydrogen) atoms. The van der Waals surface area contributed by atoms with Crippen LogP contribution in [0.15, 0.2) is 18.3 Å². The molecule has 1 aliphatic rings. The van der Waals surface area contributed by atoms with Gasteiger partial charge in [0.15, 0.2) is 0 Å². The molecule has 1 N–H and O–H groups in total. The molecule has 1 aromatic heterocycles. The lowest BCUT2D eigenvalue weighted by atomic mass is 10.0. The maximum atomic E-state index is 9.31. The summed E-state index contributed by atoms with van der Waals surface area (Å²) in [7, 11) is 0. The van der Waals surface area contributed by atoms with Crippen molar-refractivity contribution in [3.63, 3.8) is 0 Å². The second-order valence-electron chi connectivity index (χ2n) is 4.77. The molecule has 0 unspecified atom stereocenters. The van der Waals surface area contributed by atoms with Crippen LogP contribution in [-0.4, -0.2) is 29.3 Å². The maximum absolute atomic E-state index is 9.31. The van der Waals surface area contributed by atoms with Gasteiger partial charge in [-0.05, 0) is 36.5 Å². The number of aliphatic hydroxyl groups excluding tert-OH is 1. The number of aromatic nitrogens is 1. The van der Waals surface area contributed by atoms with Gasteiger partial charge in [-0.3, -0.25) is 0 Å². The molecule has 1 saturated heterocycles. The molecule has 0 radical (unpaired) electrons. The molecule has 3 heteroatoms. The molecule has 2 rings (SSSR count). The third-order valence-electron chi connectivity index (χ3n) is 3.32. The highest BCUT2D eigenvalue weighted by atomic mass is 16.3. The predicted molar refractivity (Wildman–Crippen MR) is 65.8 cm³/mol. The largest absolute Gasteiger partial charge is 0.394 e. The van der Waals surface area contributed by atoms with Gasteiger partial charge in [-0.15, -0.1) is 0 Å². The first-order chi connectivity index (χ1) is 7.72. The molecule has 88 valence electrons. The lowest BCUT2D eigenvalue weighted by Gasteiger charge is -2.24. The van der Waals surface area contributed by atoms with Gasteiger partial charge >= 0.3 is 0 Å². The maximum Gasteiger partial charge on any atom is 0.129 e. The fourth-order valence-electron chi connectivity index (χ4n) is 2.28. The van der Waals surface area contributed by atoms with Crippen molar-refractivity contribution < 1.29 is 5.11 Å². The summed E-state index contributed by atoms with van der Waals surface area (Å²) in [6.07, 6.45) is 4.10. The summed E-state index contributed by atoms with van der Waals surface area (Å²) >= 11 is 0. The lowest BCUT2D eigenvalue weighted by Crippen LogP contribution is -2.32. The minimum Gasteiger partial charge on any atom is -0.394 e. The van der Waals surface area contributed by atoms with Crippen LogP contribution in [0.4, 0.5) is 5.82 Å². The van der Waals surface area contributed by atoms with Crippen LogP contribution in [0.25, 0.3) is 0 Å². The normalized spacial score (nSPS) is 20.8. The summed E-state index contributed by atoms with van der Waals surface area (Å²) in [5.74, 6) is 1.54. The molecule has 3 nitrogen and oxygen atoms in total. The van der Waals surface area contributed by atoms with E-state index in [1.54, 1.807) is 0 Å². The molecule has 1 atom stereocenters. The average Bonchev–Trinajstić information content (AvgIpc) is 2.77. The van der Waals surface area contributed by atoms with E-state index in [4.69, 9.17) is 0 Å². The van der Waals surface area contributed by atoms with Gasteiger partial charge in [0.2, 0.25) is 0 Å². The summed E-state index contributed by atoms with van der Waals surface area (Å²) in [6.45, 7) is 5.62. The van der Waals surface area contributed by atoms with Crippen molar-refractivity contribution in [1.82, 2.24) is 4.98 Å². The van der Waals surface area contributed by atoms with Gasteiger partial charge in [-0.1, -0.05) is 13.8 Å². The Labute approximate surface area is 97.1 Å². The Bertz CT molecular complexity index is 352. The zero-order valence-electron chi connectivity index (χ0n) is 10.1. The standard InChI is InChI=1S/C13H20N2O/c1-10(2)11-5-6-14-13(8-11)15-7-3-4-12(15)9-16/h5-6,8,10,12,16H,3-4,7,9H2,1-2H3/t12-/m0/s1. The number of nitrogens with zero attached hydrogens (tertiary/aromatic N) is 2. The molecule has 0 saturated carbocycles. The zero-order valence-corrected chi connectivity index (χ0v) is 10.1. The van der Waals surface area contributed by atoms with Gasteiger partial charge in [-0.25, -0.2) is 4.98 Å². The summed E-state index contributed by atoms with van der Waals surface area (Å²) in [5, 5.41) is 9.31. The minimum atomic E-state index is 0.230. The first-order valence-corrected chi connectivity index (χ1v) is 6.06. The zero-order chi connectivity index (χ0) is 11.5. The number of pyridine rings is 1. The van der Waals surface area contributed by atoms with Crippen LogP contribution in [0.1, 0.15) is 38.2 Å². The lowest BCUT2D eigenvalue weighted by molar-refractivity contribution is 0.266. The number of hydrogen-bond donors (Lipinski definition) is 1.